The molecule has 0 fully saturated rings. The number of hydrogen-bond acceptors (Lipinski definition) is 5. The Morgan fingerprint density at radius 3 is 2.30 bits per heavy atom. The summed E-state index contributed by atoms with van der Waals surface area (Å²) in [6.45, 7) is 6.40. The van der Waals surface area contributed by atoms with Crippen molar-refractivity contribution in [3.8, 4) is 5.75 Å². The quantitative estimate of drug-likeness (QED) is 0.391. The summed E-state index contributed by atoms with van der Waals surface area (Å²) < 4.78 is 10.7. The average Bonchev–Trinajstić information content (AvgIpc) is 3.27. The molecule has 2 amide bonds. The summed E-state index contributed by atoms with van der Waals surface area (Å²) in [4.78, 5) is 38.2. The molecular weight excluding hydrogens is 488 g/mol. The zero-order valence-corrected chi connectivity index (χ0v) is 20.4. The molecular formula is C25H25BrN2O5. The summed E-state index contributed by atoms with van der Waals surface area (Å²) in [5.74, 6) is 0.0862. The van der Waals surface area contributed by atoms with Gasteiger partial charge in [0.05, 0.1) is 10.1 Å². The molecule has 0 spiro atoms. The smallest absolute Gasteiger partial charge is 0.293 e. The van der Waals surface area contributed by atoms with E-state index < -0.39 is 0 Å². The number of imide groups is 1. The fraction of sp³-hybridized carbons (Fsp3) is 0.240. The number of ether oxygens (including phenoxy) is 2. The van der Waals surface area contributed by atoms with E-state index in [1.807, 2.05) is 69.3 Å². The van der Waals surface area contributed by atoms with Gasteiger partial charge in [-0.25, -0.2) is 0 Å². The Hall–Kier alpha value is -3.39. The lowest BCUT2D eigenvalue weighted by molar-refractivity contribution is -0.139. The van der Waals surface area contributed by atoms with Gasteiger partial charge in [-0.1, -0.05) is 30.3 Å². The molecule has 33 heavy (non-hydrogen) atoms. The van der Waals surface area contributed by atoms with Crippen molar-refractivity contribution in [1.29, 1.82) is 0 Å². The number of fused-ring (bicyclic) bond motifs is 1. The van der Waals surface area contributed by atoms with Crippen LogP contribution in [0.4, 0.5) is 0 Å². The van der Waals surface area contributed by atoms with Crippen molar-refractivity contribution < 1.29 is 23.9 Å². The maximum atomic E-state index is 12.4. The molecule has 2 heterocycles. The first-order valence-electron chi connectivity index (χ1n) is 10.2. The molecule has 1 aliphatic heterocycles. The van der Waals surface area contributed by atoms with E-state index in [1.165, 1.54) is 7.05 Å². The lowest BCUT2D eigenvalue weighted by Gasteiger charge is -2.14. The van der Waals surface area contributed by atoms with E-state index in [0.717, 1.165) is 27.1 Å². The number of halogens is 1. The highest BCUT2D eigenvalue weighted by Crippen LogP contribution is 2.36. The number of nitrogens with one attached hydrogen (secondary N) is 1. The zero-order valence-electron chi connectivity index (χ0n) is 18.8. The molecule has 1 aliphatic rings. The molecule has 172 valence electrons. The van der Waals surface area contributed by atoms with E-state index in [0.29, 0.717) is 24.2 Å². The van der Waals surface area contributed by atoms with Crippen LogP contribution < -0.4 is 4.74 Å². The number of likely N-dealkylation sites (N-methyl/N-ethyl adjacent to an activating group) is 1. The number of hydrogen-bond donors (Lipinski definition) is 1. The van der Waals surface area contributed by atoms with Crippen molar-refractivity contribution in [2.24, 2.45) is 0 Å². The number of H-pyrrole nitrogens is 1. The van der Waals surface area contributed by atoms with Crippen LogP contribution in [0.15, 0.2) is 59.2 Å². The van der Waals surface area contributed by atoms with Crippen LogP contribution in [0.1, 0.15) is 31.9 Å². The van der Waals surface area contributed by atoms with Crippen molar-refractivity contribution in [2.45, 2.75) is 33.0 Å². The van der Waals surface area contributed by atoms with Gasteiger partial charge in [0.25, 0.3) is 18.3 Å². The second-order valence-electron chi connectivity index (χ2n) is 8.37. The third-order valence-corrected chi connectivity index (χ3v) is 5.54. The zero-order chi connectivity index (χ0) is 24.2. The summed E-state index contributed by atoms with van der Waals surface area (Å²) >= 11 is 3.25. The minimum absolute atomic E-state index is 0.287. The van der Waals surface area contributed by atoms with Crippen LogP contribution in [-0.2, 0) is 25.7 Å². The predicted molar refractivity (Wildman–Crippen MR) is 130 cm³/mol. The largest absolute Gasteiger partial charge is 0.489 e. The van der Waals surface area contributed by atoms with Gasteiger partial charge in [0.2, 0.25) is 0 Å². The van der Waals surface area contributed by atoms with Crippen LogP contribution in [-0.4, -0.2) is 40.8 Å². The molecule has 0 unspecified atom stereocenters. The van der Waals surface area contributed by atoms with E-state index >= 15 is 0 Å². The maximum absolute atomic E-state index is 12.4. The lowest BCUT2D eigenvalue weighted by atomic mass is 10.1. The number of benzene rings is 2. The first-order chi connectivity index (χ1) is 15.6. The Bertz CT molecular complexity index is 1210. The summed E-state index contributed by atoms with van der Waals surface area (Å²) in [7, 11) is 1.48. The number of amides is 2. The third kappa shape index (κ3) is 5.70. The standard InChI is InChI=1S/C20H15BrN2O3.C5H10O2/c1-23-19(24)17(18(21)20(23)25)15-10-22-16-9-13(7-8-14(15)16)26-11-12-5-3-2-4-6-12;1-5(2,3)7-4-6/h2-10,22H,11H2,1H3;4H,1-3H3. The van der Waals surface area contributed by atoms with Crippen LogP contribution in [0.25, 0.3) is 16.5 Å². The van der Waals surface area contributed by atoms with Crippen LogP contribution >= 0.6 is 15.9 Å². The molecule has 3 aromatic rings. The monoisotopic (exact) mass is 512 g/mol. The van der Waals surface area contributed by atoms with Gasteiger partial charge in [-0.3, -0.25) is 19.3 Å². The van der Waals surface area contributed by atoms with Crippen LogP contribution in [0, 0.1) is 0 Å². The summed E-state index contributed by atoms with van der Waals surface area (Å²) in [5.41, 5.74) is 2.69. The first-order valence-corrected chi connectivity index (χ1v) is 11.0. The lowest BCUT2D eigenvalue weighted by Crippen LogP contribution is -2.26. The van der Waals surface area contributed by atoms with Crippen molar-refractivity contribution in [1.82, 2.24) is 9.88 Å². The highest BCUT2D eigenvalue weighted by molar-refractivity contribution is 9.12. The predicted octanol–water partition coefficient (Wildman–Crippen LogP) is 4.81. The molecule has 0 radical (unpaired) electrons. The Balaban J connectivity index is 0.000000383. The number of carbonyl (C=O) groups excluding carboxylic acids is 3. The fourth-order valence-electron chi connectivity index (χ4n) is 3.13. The summed E-state index contributed by atoms with van der Waals surface area (Å²) in [5, 5.41) is 0.862. The van der Waals surface area contributed by atoms with Crippen molar-refractivity contribution in [2.75, 3.05) is 7.05 Å². The normalized spacial score (nSPS) is 13.8. The molecule has 2 aromatic carbocycles. The minimum atomic E-state index is -0.331. The van der Waals surface area contributed by atoms with Gasteiger partial charge < -0.3 is 14.5 Å². The Labute approximate surface area is 200 Å². The molecule has 0 atom stereocenters. The van der Waals surface area contributed by atoms with Gasteiger partial charge in [-0.05, 0) is 54.4 Å². The van der Waals surface area contributed by atoms with Crippen molar-refractivity contribution in [3.05, 3.63) is 70.3 Å². The molecule has 1 aromatic heterocycles. The maximum Gasteiger partial charge on any atom is 0.293 e. The molecule has 0 saturated heterocycles. The Morgan fingerprint density at radius 1 is 1.06 bits per heavy atom. The van der Waals surface area contributed by atoms with Gasteiger partial charge in [0.1, 0.15) is 18.0 Å². The number of carbonyl (C=O) groups is 3. The second-order valence-corrected chi connectivity index (χ2v) is 9.16. The molecule has 0 saturated carbocycles. The van der Waals surface area contributed by atoms with Gasteiger partial charge in [-0.2, -0.15) is 0 Å². The van der Waals surface area contributed by atoms with E-state index in [1.54, 1.807) is 6.20 Å². The van der Waals surface area contributed by atoms with E-state index in [9.17, 15) is 14.4 Å². The van der Waals surface area contributed by atoms with Gasteiger partial charge in [-0.15, -0.1) is 0 Å². The molecule has 0 aliphatic carbocycles. The van der Waals surface area contributed by atoms with Crippen molar-refractivity contribution >= 4 is 50.7 Å². The van der Waals surface area contributed by atoms with Crippen molar-refractivity contribution in [3.63, 3.8) is 0 Å². The highest BCUT2D eigenvalue weighted by Gasteiger charge is 2.36. The first kappa shape index (κ1) is 24.3. The highest BCUT2D eigenvalue weighted by atomic mass is 79.9. The van der Waals surface area contributed by atoms with Gasteiger partial charge >= 0.3 is 0 Å². The van der Waals surface area contributed by atoms with E-state index in [2.05, 4.69) is 25.7 Å². The summed E-state index contributed by atoms with van der Waals surface area (Å²) in [6, 6.07) is 15.6. The SMILES string of the molecule is CC(C)(C)OC=O.CN1C(=O)C(Br)=C(c2c[nH]c3cc(OCc4ccccc4)ccc23)C1=O. The second kappa shape index (κ2) is 10.0. The third-order valence-electron chi connectivity index (χ3n) is 4.80. The number of rotatable bonds is 5. The average molecular weight is 513 g/mol. The van der Waals surface area contributed by atoms with Gasteiger partial charge in [0.15, 0.2) is 0 Å². The van der Waals surface area contributed by atoms with Gasteiger partial charge in [0, 0.05) is 35.8 Å². The van der Waals surface area contributed by atoms with Crippen LogP contribution in [0.2, 0.25) is 0 Å². The number of nitrogens with zero attached hydrogens (tertiary/aromatic N) is 1. The number of aromatic amines is 1. The van der Waals surface area contributed by atoms with E-state index in [-0.39, 0.29) is 21.9 Å². The van der Waals surface area contributed by atoms with Crippen LogP contribution in [0.5, 0.6) is 5.75 Å². The van der Waals surface area contributed by atoms with Crippen LogP contribution in [0.3, 0.4) is 0 Å². The Kier molecular flexibility index (Phi) is 7.38. The molecule has 4 rings (SSSR count). The molecule has 8 heteroatoms. The Morgan fingerprint density at radius 2 is 1.76 bits per heavy atom. The topological polar surface area (TPSA) is 88.7 Å². The fourth-order valence-corrected chi connectivity index (χ4v) is 3.78. The number of aromatic nitrogens is 1. The molecule has 0 bridgehead atoms. The molecule has 7 nitrogen and oxygen atoms in total. The molecule has 1 N–H and O–H groups in total. The summed E-state index contributed by atoms with van der Waals surface area (Å²) in [6.07, 6.45) is 1.74. The van der Waals surface area contributed by atoms with E-state index in [4.69, 9.17) is 4.74 Å². The minimum Gasteiger partial charge on any atom is -0.489 e.